The Morgan fingerprint density at radius 1 is 1.10 bits per heavy atom. The summed E-state index contributed by atoms with van der Waals surface area (Å²) >= 11 is 5.15. The highest BCUT2D eigenvalue weighted by Crippen LogP contribution is 2.22. The largest absolute Gasteiger partial charge is 0.484 e. The van der Waals surface area contributed by atoms with Gasteiger partial charge in [-0.05, 0) is 73.9 Å². The minimum absolute atomic E-state index is 0.111. The summed E-state index contributed by atoms with van der Waals surface area (Å²) < 4.78 is 32.3. The van der Waals surface area contributed by atoms with Crippen LogP contribution in [-0.4, -0.2) is 43.4 Å². The lowest BCUT2D eigenvalue weighted by Gasteiger charge is -2.25. The van der Waals surface area contributed by atoms with E-state index < -0.39 is 15.9 Å². The highest BCUT2D eigenvalue weighted by Gasteiger charge is 2.25. The number of nitrogens with zero attached hydrogens (tertiary/aromatic N) is 1. The summed E-state index contributed by atoms with van der Waals surface area (Å²) in [6.45, 7) is 2.89. The highest BCUT2D eigenvalue weighted by atomic mass is 32.2. The van der Waals surface area contributed by atoms with E-state index in [1.165, 1.54) is 16.4 Å². The molecule has 0 saturated carbocycles. The van der Waals surface area contributed by atoms with Crippen molar-refractivity contribution >= 4 is 38.9 Å². The summed E-state index contributed by atoms with van der Waals surface area (Å²) in [4.78, 5) is 12.3. The molecule has 0 aromatic heterocycles. The molecule has 0 aliphatic carbocycles. The number of carbonyl (C=O) groups excluding carboxylic acids is 1. The second-order valence-electron chi connectivity index (χ2n) is 7.10. The molecule has 2 N–H and O–H groups in total. The van der Waals surface area contributed by atoms with Crippen molar-refractivity contribution in [1.29, 1.82) is 0 Å². The number of hydrogen-bond acceptors (Lipinski definition) is 5. The summed E-state index contributed by atoms with van der Waals surface area (Å²) in [6.07, 6.45) is 2.84. The fourth-order valence-electron chi connectivity index (χ4n) is 3.14. The van der Waals surface area contributed by atoms with Crippen LogP contribution in [0.1, 0.15) is 24.8 Å². The van der Waals surface area contributed by atoms with E-state index in [9.17, 15) is 13.2 Å². The van der Waals surface area contributed by atoms with Crippen molar-refractivity contribution < 1.29 is 17.9 Å². The predicted octanol–water partition coefficient (Wildman–Crippen LogP) is 3.06. The van der Waals surface area contributed by atoms with Gasteiger partial charge in [-0.3, -0.25) is 10.1 Å². The van der Waals surface area contributed by atoms with E-state index in [1.54, 1.807) is 18.2 Å². The van der Waals surface area contributed by atoms with Crippen LogP contribution in [0.15, 0.2) is 53.4 Å². The van der Waals surface area contributed by atoms with Crippen LogP contribution in [-0.2, 0) is 14.8 Å². The van der Waals surface area contributed by atoms with E-state index in [0.29, 0.717) is 24.5 Å². The van der Waals surface area contributed by atoms with Crippen LogP contribution in [0, 0.1) is 6.92 Å². The van der Waals surface area contributed by atoms with Gasteiger partial charge in [0.15, 0.2) is 11.7 Å². The lowest BCUT2D eigenvalue weighted by atomic mass is 10.2. The zero-order valence-electron chi connectivity index (χ0n) is 16.8. The molecule has 0 bridgehead atoms. The van der Waals surface area contributed by atoms with E-state index in [-0.39, 0.29) is 16.6 Å². The van der Waals surface area contributed by atoms with Gasteiger partial charge in [0.05, 0.1) is 4.90 Å². The van der Waals surface area contributed by atoms with E-state index >= 15 is 0 Å². The smallest absolute Gasteiger partial charge is 0.264 e. The zero-order chi connectivity index (χ0) is 21.6. The van der Waals surface area contributed by atoms with Crippen LogP contribution >= 0.6 is 12.2 Å². The monoisotopic (exact) mass is 447 g/mol. The number of benzene rings is 2. The van der Waals surface area contributed by atoms with Gasteiger partial charge in [0, 0.05) is 18.8 Å². The molecule has 3 rings (SSSR count). The lowest BCUT2D eigenvalue weighted by Crippen LogP contribution is -2.37. The van der Waals surface area contributed by atoms with Gasteiger partial charge >= 0.3 is 0 Å². The minimum atomic E-state index is -3.48. The first kappa shape index (κ1) is 22.2. The van der Waals surface area contributed by atoms with Crippen molar-refractivity contribution in [2.75, 3.05) is 25.0 Å². The van der Waals surface area contributed by atoms with Crippen molar-refractivity contribution in [2.45, 2.75) is 31.1 Å². The average Bonchev–Trinajstić information content (AvgIpc) is 2.73. The maximum absolute atomic E-state index is 12.7. The number of amides is 1. The zero-order valence-corrected chi connectivity index (χ0v) is 18.4. The van der Waals surface area contributed by atoms with Gasteiger partial charge in [-0.25, -0.2) is 8.42 Å². The average molecular weight is 448 g/mol. The fourth-order valence-corrected chi connectivity index (χ4v) is 4.89. The molecule has 7 nitrogen and oxygen atoms in total. The van der Waals surface area contributed by atoms with Crippen LogP contribution in [0.4, 0.5) is 5.69 Å². The Balaban J connectivity index is 1.51. The van der Waals surface area contributed by atoms with Crippen molar-refractivity contribution in [3.63, 3.8) is 0 Å². The summed E-state index contributed by atoms with van der Waals surface area (Å²) in [7, 11) is -3.48. The minimum Gasteiger partial charge on any atom is -0.484 e. The molecule has 1 saturated heterocycles. The van der Waals surface area contributed by atoms with Gasteiger partial charge in [-0.2, -0.15) is 4.31 Å². The van der Waals surface area contributed by atoms with E-state index in [0.717, 1.165) is 24.8 Å². The van der Waals surface area contributed by atoms with Crippen LogP contribution in [0.5, 0.6) is 5.75 Å². The molecule has 1 fully saturated rings. The molecular weight excluding hydrogens is 422 g/mol. The molecular formula is C21H25N3O4S2. The number of sulfonamides is 1. The second-order valence-corrected chi connectivity index (χ2v) is 9.44. The van der Waals surface area contributed by atoms with Gasteiger partial charge in [0.2, 0.25) is 10.0 Å². The molecule has 160 valence electrons. The Kier molecular flexibility index (Phi) is 7.41. The second kappa shape index (κ2) is 10.0. The maximum Gasteiger partial charge on any atom is 0.264 e. The number of anilines is 1. The van der Waals surface area contributed by atoms with Gasteiger partial charge in [0.25, 0.3) is 5.91 Å². The normalized spacial score (nSPS) is 14.7. The molecule has 2 aromatic carbocycles. The van der Waals surface area contributed by atoms with Gasteiger partial charge in [0.1, 0.15) is 5.75 Å². The van der Waals surface area contributed by atoms with Crippen molar-refractivity contribution in [3.05, 3.63) is 54.1 Å². The third-order valence-corrected chi connectivity index (χ3v) is 6.79. The maximum atomic E-state index is 12.7. The van der Waals surface area contributed by atoms with Gasteiger partial charge < -0.3 is 10.1 Å². The number of nitrogens with one attached hydrogen (secondary N) is 2. The van der Waals surface area contributed by atoms with Crippen molar-refractivity contribution in [3.8, 4) is 5.75 Å². The number of carbonyl (C=O) groups is 1. The fraction of sp³-hybridized carbons (Fsp3) is 0.333. The molecule has 0 unspecified atom stereocenters. The van der Waals surface area contributed by atoms with Crippen LogP contribution in [0.25, 0.3) is 0 Å². The first-order chi connectivity index (χ1) is 14.3. The quantitative estimate of drug-likeness (QED) is 0.662. The lowest BCUT2D eigenvalue weighted by molar-refractivity contribution is -0.121. The number of aryl methyl sites for hydroxylation is 1. The summed E-state index contributed by atoms with van der Waals surface area (Å²) in [6, 6.07) is 13.7. The first-order valence-corrected chi connectivity index (χ1v) is 11.6. The third-order valence-electron chi connectivity index (χ3n) is 4.68. The van der Waals surface area contributed by atoms with E-state index in [2.05, 4.69) is 10.6 Å². The Labute approximate surface area is 182 Å². The van der Waals surface area contributed by atoms with E-state index in [1.807, 2.05) is 25.1 Å². The summed E-state index contributed by atoms with van der Waals surface area (Å²) in [5.74, 6) is 0.216. The summed E-state index contributed by atoms with van der Waals surface area (Å²) in [5, 5.41) is 5.52. The number of ether oxygens (including phenoxy) is 1. The first-order valence-electron chi connectivity index (χ1n) is 9.75. The highest BCUT2D eigenvalue weighted by molar-refractivity contribution is 7.89. The number of hydrogen-bond donors (Lipinski definition) is 2. The molecule has 0 radical (unpaired) electrons. The Morgan fingerprint density at radius 3 is 2.47 bits per heavy atom. The Bertz CT molecular complexity index is 1000. The number of piperidine rings is 1. The van der Waals surface area contributed by atoms with Crippen LogP contribution in [0.3, 0.4) is 0 Å². The Hall–Kier alpha value is -2.49. The topological polar surface area (TPSA) is 87.7 Å². The van der Waals surface area contributed by atoms with Crippen LogP contribution in [0.2, 0.25) is 0 Å². The van der Waals surface area contributed by atoms with Gasteiger partial charge in [-0.15, -0.1) is 0 Å². The standard InChI is InChI=1S/C21H25N3O4S2/c1-16-6-5-7-18(14-16)28-15-20(25)23-21(29)22-17-8-10-19(11-9-17)30(26,27)24-12-3-2-4-13-24/h5-11,14H,2-4,12-13,15H2,1H3,(H2,22,23,25,29). The molecule has 9 heteroatoms. The molecule has 30 heavy (non-hydrogen) atoms. The van der Waals surface area contributed by atoms with Crippen LogP contribution < -0.4 is 15.4 Å². The van der Waals surface area contributed by atoms with Gasteiger partial charge in [-0.1, -0.05) is 18.6 Å². The molecule has 2 aromatic rings. The molecule has 0 spiro atoms. The summed E-state index contributed by atoms with van der Waals surface area (Å²) in [5.41, 5.74) is 1.62. The molecule has 1 aliphatic heterocycles. The van der Waals surface area contributed by atoms with Crippen molar-refractivity contribution in [1.82, 2.24) is 9.62 Å². The Morgan fingerprint density at radius 2 is 1.80 bits per heavy atom. The molecule has 1 heterocycles. The molecule has 0 atom stereocenters. The number of thiocarbonyl (C=S) groups is 1. The molecule has 1 aliphatic rings. The SMILES string of the molecule is Cc1cccc(OCC(=O)NC(=S)Nc2ccc(S(=O)(=O)N3CCCCC3)cc2)c1. The molecule has 1 amide bonds. The third kappa shape index (κ3) is 6.01. The van der Waals surface area contributed by atoms with Crippen molar-refractivity contribution in [2.24, 2.45) is 0 Å². The predicted molar refractivity (Wildman–Crippen MR) is 120 cm³/mol. The van der Waals surface area contributed by atoms with E-state index in [4.69, 9.17) is 17.0 Å². The number of rotatable bonds is 6.